The lowest BCUT2D eigenvalue weighted by molar-refractivity contribution is -0.148. The van der Waals surface area contributed by atoms with E-state index in [-0.39, 0.29) is 17.7 Å². The number of nitrogens with zero attached hydrogens (tertiary/aromatic N) is 1. The first-order valence-corrected chi connectivity index (χ1v) is 9.79. The number of aliphatic carboxylic acids is 1. The second-order valence-corrected chi connectivity index (χ2v) is 7.72. The van der Waals surface area contributed by atoms with Crippen molar-refractivity contribution in [1.29, 1.82) is 0 Å². The quantitative estimate of drug-likeness (QED) is 0.844. The molecule has 1 N–H and O–H groups in total. The highest BCUT2D eigenvalue weighted by Gasteiger charge is 2.32. The maximum Gasteiger partial charge on any atom is 0.306 e. The predicted octanol–water partition coefficient (Wildman–Crippen LogP) is 3.51. The van der Waals surface area contributed by atoms with Crippen LogP contribution in [0, 0.1) is 11.8 Å². The number of hydrogen-bond acceptors (Lipinski definition) is 3. The van der Waals surface area contributed by atoms with Crippen LogP contribution in [0.4, 0.5) is 0 Å². The fourth-order valence-electron chi connectivity index (χ4n) is 4.12. The van der Waals surface area contributed by atoms with Crippen molar-refractivity contribution >= 4 is 11.9 Å². The monoisotopic (exact) mass is 359 g/mol. The van der Waals surface area contributed by atoms with Gasteiger partial charge in [0.05, 0.1) is 12.0 Å². The number of amides is 1. The fraction of sp³-hybridized carbons (Fsp3) is 0.619. The molecule has 1 saturated heterocycles. The van der Waals surface area contributed by atoms with Crippen LogP contribution in [0.15, 0.2) is 24.3 Å². The van der Waals surface area contributed by atoms with E-state index in [1.807, 2.05) is 36.1 Å². The zero-order valence-corrected chi connectivity index (χ0v) is 15.5. The van der Waals surface area contributed by atoms with Gasteiger partial charge in [0.15, 0.2) is 0 Å². The number of hydrogen-bond donors (Lipinski definition) is 1. The summed E-state index contributed by atoms with van der Waals surface area (Å²) in [5.41, 5.74) is 1.11. The van der Waals surface area contributed by atoms with E-state index in [1.54, 1.807) is 0 Å². The topological polar surface area (TPSA) is 66.8 Å². The van der Waals surface area contributed by atoms with Crippen LogP contribution in [0.3, 0.4) is 0 Å². The van der Waals surface area contributed by atoms with Crippen LogP contribution in [0.25, 0.3) is 0 Å². The molecule has 0 aromatic heterocycles. The summed E-state index contributed by atoms with van der Waals surface area (Å²) in [5, 5.41) is 9.20. The van der Waals surface area contributed by atoms with Gasteiger partial charge in [-0.15, -0.1) is 0 Å². The van der Waals surface area contributed by atoms with E-state index in [1.165, 1.54) is 12.8 Å². The van der Waals surface area contributed by atoms with Gasteiger partial charge >= 0.3 is 5.97 Å². The van der Waals surface area contributed by atoms with Gasteiger partial charge in [-0.1, -0.05) is 19.1 Å². The highest BCUT2D eigenvalue weighted by Crippen LogP contribution is 2.26. The smallest absolute Gasteiger partial charge is 0.306 e. The number of carboxylic acids is 1. The summed E-state index contributed by atoms with van der Waals surface area (Å²) in [6.45, 7) is 3.01. The molecule has 2 unspecified atom stereocenters. The summed E-state index contributed by atoms with van der Waals surface area (Å²) in [5.74, 6) is -0.0546. The Bertz CT molecular complexity index is 639. The summed E-state index contributed by atoms with van der Waals surface area (Å²) < 4.78 is 6.04. The first-order valence-electron chi connectivity index (χ1n) is 9.79. The van der Waals surface area contributed by atoms with E-state index in [9.17, 15) is 14.7 Å². The zero-order valence-electron chi connectivity index (χ0n) is 15.5. The van der Waals surface area contributed by atoms with Crippen LogP contribution in [0.1, 0.15) is 51.0 Å². The average Bonchev–Trinajstić information content (AvgIpc) is 3.12. The zero-order chi connectivity index (χ0) is 18.5. The maximum atomic E-state index is 12.5. The Morgan fingerprint density at radius 3 is 2.69 bits per heavy atom. The van der Waals surface area contributed by atoms with Crippen molar-refractivity contribution in [1.82, 2.24) is 4.90 Å². The minimum Gasteiger partial charge on any atom is -0.490 e. The first kappa shape index (κ1) is 18.7. The molecule has 1 saturated carbocycles. The van der Waals surface area contributed by atoms with Crippen molar-refractivity contribution in [3.8, 4) is 5.75 Å². The molecule has 5 nitrogen and oxygen atoms in total. The van der Waals surface area contributed by atoms with Crippen molar-refractivity contribution in [3.05, 3.63) is 29.8 Å². The number of carboxylic acid groups (broad SMARTS) is 1. The van der Waals surface area contributed by atoms with Gasteiger partial charge in [0.2, 0.25) is 5.91 Å². The minimum atomic E-state index is -0.747. The largest absolute Gasteiger partial charge is 0.490 e. The highest BCUT2D eigenvalue weighted by atomic mass is 16.5. The van der Waals surface area contributed by atoms with Gasteiger partial charge in [-0.05, 0) is 62.1 Å². The first-order chi connectivity index (χ1) is 12.5. The number of carbonyl (C=O) groups excluding carboxylic acids is 1. The lowest BCUT2D eigenvalue weighted by atomic mass is 9.87. The third kappa shape index (κ3) is 4.77. The van der Waals surface area contributed by atoms with Gasteiger partial charge in [-0.25, -0.2) is 0 Å². The molecule has 1 aromatic carbocycles. The van der Waals surface area contributed by atoms with Crippen LogP contribution < -0.4 is 4.74 Å². The minimum absolute atomic E-state index is 0.00772. The third-order valence-electron chi connectivity index (χ3n) is 5.71. The Hall–Kier alpha value is -2.04. The van der Waals surface area contributed by atoms with Crippen LogP contribution in [-0.2, 0) is 16.0 Å². The van der Waals surface area contributed by atoms with Crippen molar-refractivity contribution in [2.45, 2.75) is 58.0 Å². The lowest BCUT2D eigenvalue weighted by Gasteiger charge is -2.35. The van der Waals surface area contributed by atoms with Crippen molar-refractivity contribution in [3.63, 3.8) is 0 Å². The normalized spacial score (nSPS) is 23.8. The Morgan fingerprint density at radius 1 is 1.23 bits per heavy atom. The Kier molecular flexibility index (Phi) is 6.17. The van der Waals surface area contributed by atoms with E-state index < -0.39 is 5.97 Å². The molecule has 1 heterocycles. The summed E-state index contributed by atoms with van der Waals surface area (Å²) in [6, 6.07) is 8.06. The Labute approximate surface area is 155 Å². The second-order valence-electron chi connectivity index (χ2n) is 7.72. The maximum absolute atomic E-state index is 12.5. The van der Waals surface area contributed by atoms with E-state index in [2.05, 4.69) is 0 Å². The lowest BCUT2D eigenvalue weighted by Crippen LogP contribution is -2.45. The molecule has 0 spiro atoms. The third-order valence-corrected chi connectivity index (χ3v) is 5.71. The van der Waals surface area contributed by atoms with Crippen molar-refractivity contribution in [2.24, 2.45) is 11.8 Å². The van der Waals surface area contributed by atoms with Gasteiger partial charge in [0.25, 0.3) is 0 Å². The highest BCUT2D eigenvalue weighted by molar-refractivity contribution is 5.77. The molecule has 142 valence electrons. The van der Waals surface area contributed by atoms with E-state index in [4.69, 9.17) is 4.74 Å². The number of benzene rings is 1. The molecule has 0 bridgehead atoms. The number of likely N-dealkylation sites (tertiary alicyclic amines) is 1. The number of carbonyl (C=O) groups is 2. The Morgan fingerprint density at radius 2 is 2.00 bits per heavy atom. The summed E-state index contributed by atoms with van der Waals surface area (Å²) in [4.78, 5) is 25.5. The van der Waals surface area contributed by atoms with Crippen LogP contribution in [-0.4, -0.2) is 41.1 Å². The van der Waals surface area contributed by atoms with Crippen LogP contribution >= 0.6 is 0 Å². The molecule has 5 heteroatoms. The molecule has 2 atom stereocenters. The molecule has 26 heavy (non-hydrogen) atoms. The average molecular weight is 359 g/mol. The summed E-state index contributed by atoms with van der Waals surface area (Å²) in [6.07, 6.45) is 6.79. The summed E-state index contributed by atoms with van der Waals surface area (Å²) in [7, 11) is 0. The van der Waals surface area contributed by atoms with Gasteiger partial charge in [-0.3, -0.25) is 9.59 Å². The molecule has 1 aliphatic heterocycles. The van der Waals surface area contributed by atoms with Gasteiger partial charge in [0.1, 0.15) is 5.75 Å². The summed E-state index contributed by atoms with van der Waals surface area (Å²) >= 11 is 0. The van der Waals surface area contributed by atoms with Gasteiger partial charge < -0.3 is 14.7 Å². The van der Waals surface area contributed by atoms with E-state index in [0.29, 0.717) is 38.5 Å². The van der Waals surface area contributed by atoms with Crippen molar-refractivity contribution in [2.75, 3.05) is 13.1 Å². The van der Waals surface area contributed by atoms with E-state index >= 15 is 0 Å². The number of piperidine rings is 1. The van der Waals surface area contributed by atoms with Gasteiger partial charge in [-0.2, -0.15) is 0 Å². The predicted molar refractivity (Wildman–Crippen MR) is 99.1 cm³/mol. The van der Waals surface area contributed by atoms with Crippen LogP contribution in [0.5, 0.6) is 5.75 Å². The molecule has 3 rings (SSSR count). The number of ether oxygens (including phenoxy) is 1. The van der Waals surface area contributed by atoms with Crippen LogP contribution in [0.2, 0.25) is 0 Å². The molecule has 1 aliphatic carbocycles. The molecular formula is C21H29NO4. The molecule has 2 fully saturated rings. The SMILES string of the molecule is CC1CN(C(=O)CCc2cccc(OC3CCCC3)c2)CCC1C(=O)O. The Balaban J connectivity index is 1.49. The molecule has 2 aliphatic rings. The molecule has 1 aromatic rings. The van der Waals surface area contributed by atoms with E-state index in [0.717, 1.165) is 24.2 Å². The van der Waals surface area contributed by atoms with Gasteiger partial charge in [0, 0.05) is 19.5 Å². The second kappa shape index (κ2) is 8.56. The number of aryl methyl sites for hydroxylation is 1. The van der Waals surface area contributed by atoms with Crippen molar-refractivity contribution < 1.29 is 19.4 Å². The molecule has 1 amide bonds. The molecule has 0 radical (unpaired) electrons. The number of rotatable bonds is 6. The standard InChI is InChI=1S/C21H29NO4/c1-15-14-22(12-11-19(15)21(24)25)20(23)10-9-16-5-4-8-18(13-16)26-17-6-2-3-7-17/h4-5,8,13,15,17,19H,2-3,6-7,9-12,14H2,1H3,(H,24,25). The fourth-order valence-corrected chi connectivity index (χ4v) is 4.12. The molecular weight excluding hydrogens is 330 g/mol.